The number of hydrogen-bond donors (Lipinski definition) is 1. The lowest BCUT2D eigenvalue weighted by atomic mass is 10.4. The Labute approximate surface area is 56.3 Å². The molecule has 0 aromatic rings. The molecule has 0 N–H and O–H groups in total. The summed E-state index contributed by atoms with van der Waals surface area (Å²) in [6, 6.07) is 0. The number of unbranched alkanes of at least 4 members (excludes halogenated alkanes) is 1. The van der Waals surface area contributed by atoms with Crippen molar-refractivity contribution in [2.24, 2.45) is 0 Å². The molecule has 0 saturated carbocycles. The molecule has 1 heteroatoms. The third kappa shape index (κ3) is 6.22. The van der Waals surface area contributed by atoms with Gasteiger partial charge in [0.25, 0.3) is 0 Å². The first kappa shape index (κ1) is 8.22. The maximum absolute atomic E-state index is 3.26. The lowest BCUT2D eigenvalue weighted by molar-refractivity contribution is 0.898. The largest absolute Gasteiger partial charge is 0.197 e. The quantitative estimate of drug-likeness (QED) is 0.338. The van der Waals surface area contributed by atoms with E-state index in [2.05, 4.69) is 19.2 Å². The Kier molecular flexibility index (Phi) is 7.42. The van der Waals surface area contributed by atoms with Gasteiger partial charge in [-0.3, -0.25) is 0 Å². The molecule has 0 fully saturated rings. The summed E-state index contributed by atoms with van der Waals surface area (Å²) in [5, 5.41) is 3.26. The molecule has 0 aliphatic heterocycles. The van der Waals surface area contributed by atoms with E-state index in [1.54, 1.807) is 0 Å². The molecule has 0 aliphatic rings. The monoisotopic (exact) mass is 131 g/mol. The van der Waals surface area contributed by atoms with Crippen LogP contribution in [-0.2, 0) is 0 Å². The van der Waals surface area contributed by atoms with E-state index in [9.17, 15) is 0 Å². The summed E-state index contributed by atoms with van der Waals surface area (Å²) in [4.78, 5) is 0. The van der Waals surface area contributed by atoms with Crippen LogP contribution in [0.2, 0.25) is 0 Å². The van der Waals surface area contributed by atoms with Crippen molar-refractivity contribution >= 4 is 16.7 Å². The Bertz CT molecular complexity index is 57.4. The van der Waals surface area contributed by atoms with E-state index < -0.39 is 0 Å². The van der Waals surface area contributed by atoms with Crippen LogP contribution in [0.15, 0.2) is 0 Å². The fourth-order valence-corrected chi connectivity index (χ4v) is 1.28. The molecule has 49 valence electrons. The van der Waals surface area contributed by atoms with Crippen LogP contribution in [0.1, 0.15) is 33.1 Å². The van der Waals surface area contributed by atoms with Crippen molar-refractivity contribution in [3.05, 3.63) is 0 Å². The molecule has 0 saturated heterocycles. The molecule has 0 amide bonds. The molecular formula is C7H15S. The number of hydrogen-bond acceptors (Lipinski definition) is 0. The maximum atomic E-state index is 3.26. The van der Waals surface area contributed by atoms with Gasteiger partial charge in [-0.25, -0.2) is 0 Å². The fourth-order valence-electron chi connectivity index (χ4n) is 0.428. The van der Waals surface area contributed by atoms with Gasteiger partial charge in [0, 0.05) is 0 Å². The second-order valence-corrected chi connectivity index (χ2v) is 2.83. The molecule has 0 unspecified atom stereocenters. The minimum Gasteiger partial charge on any atom is -0.197 e. The van der Waals surface area contributed by atoms with E-state index in [1.807, 2.05) is 0 Å². The van der Waals surface area contributed by atoms with Crippen molar-refractivity contribution in [3.8, 4) is 0 Å². The zero-order chi connectivity index (χ0) is 6.24. The molecule has 0 aromatic carbocycles. The summed E-state index contributed by atoms with van der Waals surface area (Å²) in [5.41, 5.74) is 0. The van der Waals surface area contributed by atoms with Gasteiger partial charge < -0.3 is 0 Å². The average Bonchev–Trinajstić information content (AvgIpc) is 1.81. The van der Waals surface area contributed by atoms with E-state index in [-0.39, 0.29) is 0 Å². The maximum Gasteiger partial charge on any atom is -0.0143 e. The van der Waals surface area contributed by atoms with Gasteiger partial charge in [-0.2, -0.15) is 11.4 Å². The average molecular weight is 131 g/mol. The molecule has 0 aliphatic carbocycles. The first-order chi connectivity index (χ1) is 3.91. The second kappa shape index (κ2) is 7.22. The van der Waals surface area contributed by atoms with E-state index in [1.165, 1.54) is 29.9 Å². The molecule has 1 radical (unpaired) electrons. The predicted octanol–water partition coefficient (Wildman–Crippen LogP) is 2.34. The topological polar surface area (TPSA) is 0 Å². The predicted molar refractivity (Wildman–Crippen MR) is 44.1 cm³/mol. The van der Waals surface area contributed by atoms with Crippen LogP contribution < -0.4 is 0 Å². The molecule has 0 spiro atoms. The van der Waals surface area contributed by atoms with E-state index in [0.29, 0.717) is 0 Å². The van der Waals surface area contributed by atoms with Crippen LogP contribution in [0, 0.1) is 0 Å². The Hall–Kier alpha value is 0.220. The highest BCUT2D eigenvalue weighted by Crippen LogP contribution is 1.93. The van der Waals surface area contributed by atoms with Crippen molar-refractivity contribution in [3.63, 3.8) is 0 Å². The third-order valence-corrected chi connectivity index (χ3v) is 1.97. The SMILES string of the molecule is CC[C]=[SH]CCCC. The van der Waals surface area contributed by atoms with Gasteiger partial charge >= 0.3 is 0 Å². The van der Waals surface area contributed by atoms with Crippen molar-refractivity contribution < 1.29 is 0 Å². The Morgan fingerprint density at radius 1 is 1.38 bits per heavy atom. The highest BCUT2D eigenvalue weighted by molar-refractivity contribution is 7.97. The first-order valence-corrected chi connectivity index (χ1v) is 4.39. The van der Waals surface area contributed by atoms with Gasteiger partial charge in [0.15, 0.2) is 0 Å². The molecule has 0 bridgehead atoms. The lowest BCUT2D eigenvalue weighted by Crippen LogP contribution is -1.72. The fraction of sp³-hybridized carbons (Fsp3) is 0.857. The van der Waals surface area contributed by atoms with Crippen LogP contribution in [0.4, 0.5) is 0 Å². The van der Waals surface area contributed by atoms with Crippen molar-refractivity contribution in [1.29, 1.82) is 0 Å². The van der Waals surface area contributed by atoms with Gasteiger partial charge in [-0.15, -0.1) is 0 Å². The van der Waals surface area contributed by atoms with Gasteiger partial charge in [-0.05, 0) is 24.0 Å². The van der Waals surface area contributed by atoms with Crippen molar-refractivity contribution in [1.82, 2.24) is 0 Å². The summed E-state index contributed by atoms with van der Waals surface area (Å²) in [5.74, 6) is 1.31. The van der Waals surface area contributed by atoms with Gasteiger partial charge in [0.1, 0.15) is 0 Å². The summed E-state index contributed by atoms with van der Waals surface area (Å²) < 4.78 is 0. The van der Waals surface area contributed by atoms with E-state index in [0.717, 1.165) is 6.42 Å². The van der Waals surface area contributed by atoms with Crippen molar-refractivity contribution in [2.45, 2.75) is 33.1 Å². The zero-order valence-corrected chi connectivity index (χ0v) is 6.67. The zero-order valence-electron chi connectivity index (χ0n) is 5.78. The first-order valence-electron chi connectivity index (χ1n) is 3.31. The second-order valence-electron chi connectivity index (χ2n) is 1.75. The molecule has 0 atom stereocenters. The van der Waals surface area contributed by atoms with E-state index >= 15 is 0 Å². The Morgan fingerprint density at radius 2 is 2.12 bits per heavy atom. The van der Waals surface area contributed by atoms with Crippen LogP contribution in [0.3, 0.4) is 0 Å². The van der Waals surface area contributed by atoms with E-state index in [4.69, 9.17) is 0 Å². The summed E-state index contributed by atoms with van der Waals surface area (Å²) in [7, 11) is 0. The van der Waals surface area contributed by atoms with Gasteiger partial charge in [0.05, 0.1) is 0 Å². The summed E-state index contributed by atoms with van der Waals surface area (Å²) >= 11 is 1.41. The molecular weight excluding hydrogens is 116 g/mol. The standard InChI is InChI=1S/C7H15S/c1-3-5-7-8-6-4-2/h8H,3-5,7H2,1-2H3. The highest BCUT2D eigenvalue weighted by atomic mass is 32.1. The highest BCUT2D eigenvalue weighted by Gasteiger charge is 1.74. The minimum atomic E-state index is 1.10. The Morgan fingerprint density at radius 3 is 2.62 bits per heavy atom. The van der Waals surface area contributed by atoms with Gasteiger partial charge in [0.2, 0.25) is 0 Å². The van der Waals surface area contributed by atoms with Crippen LogP contribution >= 0.6 is 11.4 Å². The summed E-state index contributed by atoms with van der Waals surface area (Å²) in [6.45, 7) is 4.36. The molecule has 0 heterocycles. The van der Waals surface area contributed by atoms with Crippen LogP contribution in [0.5, 0.6) is 0 Å². The molecule has 8 heavy (non-hydrogen) atoms. The van der Waals surface area contributed by atoms with Crippen molar-refractivity contribution in [2.75, 3.05) is 5.75 Å². The lowest BCUT2D eigenvalue weighted by Gasteiger charge is -1.85. The molecule has 0 nitrogen and oxygen atoms in total. The van der Waals surface area contributed by atoms with Gasteiger partial charge in [-0.1, -0.05) is 20.3 Å². The number of rotatable bonds is 4. The van der Waals surface area contributed by atoms with Crippen LogP contribution in [0.25, 0.3) is 0 Å². The Balaban J connectivity index is 2.80. The smallest absolute Gasteiger partial charge is 0.0143 e. The van der Waals surface area contributed by atoms with Crippen LogP contribution in [-0.4, -0.2) is 11.1 Å². The molecule has 0 aromatic heterocycles. The summed E-state index contributed by atoms with van der Waals surface area (Å²) in [6.07, 6.45) is 3.78. The minimum absolute atomic E-state index is 1.10. The normalized spacial score (nSPS) is 11.8. The molecule has 0 rings (SSSR count). The number of thiol groups is 1. The third-order valence-electron chi connectivity index (χ3n) is 0.893.